The Balaban J connectivity index is 0.00000208. The van der Waals surface area contributed by atoms with Crippen molar-refractivity contribution in [1.29, 1.82) is 0 Å². The third-order valence-electron chi connectivity index (χ3n) is 3.45. The molecule has 0 spiro atoms. The zero-order valence-corrected chi connectivity index (χ0v) is 19.7. The molecule has 0 saturated carbocycles. The minimum atomic E-state index is 0. The topological polar surface area (TPSA) is 75.7 Å². The van der Waals surface area contributed by atoms with Crippen molar-refractivity contribution in [3.63, 3.8) is 0 Å². The molecule has 0 aliphatic carbocycles. The molecule has 1 atom stereocenters. The van der Waals surface area contributed by atoms with Crippen LogP contribution in [-0.4, -0.2) is 27.3 Å². The third-order valence-corrected chi connectivity index (χ3v) is 4.50. The average molecular weight is 415 g/mol. The fraction of sp³-hybridized carbons (Fsp3) is 0.312. The number of rotatable bonds is 7. The molecule has 0 saturated heterocycles. The molecule has 0 aromatic carbocycles. The maximum Gasteiger partial charge on any atom is 1.00 e. The van der Waals surface area contributed by atoms with Crippen molar-refractivity contribution in [3.8, 4) is 0 Å². The van der Waals surface area contributed by atoms with Gasteiger partial charge in [-0.25, -0.2) is 9.97 Å². The van der Waals surface area contributed by atoms with Gasteiger partial charge in [0.05, 0.1) is 16.8 Å². The molecule has 3 aromatic rings. The molecule has 0 aliphatic rings. The van der Waals surface area contributed by atoms with Gasteiger partial charge in [-0.2, -0.15) is 11.5 Å². The van der Waals surface area contributed by atoms with E-state index in [2.05, 4.69) is 39.3 Å². The van der Waals surface area contributed by atoms with Crippen LogP contribution < -0.4 is 63.5 Å². The van der Waals surface area contributed by atoms with Crippen LogP contribution in [0.1, 0.15) is 29.5 Å². The molecule has 122 valence electrons. The van der Waals surface area contributed by atoms with Crippen LogP contribution >= 0.6 is 11.3 Å². The number of fused-ring (bicyclic) bond motifs is 1. The van der Waals surface area contributed by atoms with Crippen LogP contribution in [0.3, 0.4) is 0 Å². The fourth-order valence-electron chi connectivity index (χ4n) is 2.31. The van der Waals surface area contributed by atoms with E-state index in [9.17, 15) is 0 Å². The first-order chi connectivity index (χ1) is 11.2. The summed E-state index contributed by atoms with van der Waals surface area (Å²) in [5.41, 5.74) is 1.90. The Kier molecular flexibility index (Phi) is 7.96. The maximum atomic E-state index is 5.15. The van der Waals surface area contributed by atoms with E-state index < -0.39 is 0 Å². The number of aromatic nitrogens is 4. The zero-order valence-electron chi connectivity index (χ0n) is 14.0. The third kappa shape index (κ3) is 4.71. The second-order valence-corrected chi connectivity index (χ2v) is 6.30. The smallest absolute Gasteiger partial charge is 0.378 e. The Hall–Kier alpha value is -0.185. The molecule has 1 unspecified atom stereocenters. The largest absolute Gasteiger partial charge is 1.00 e. The van der Waals surface area contributed by atoms with Gasteiger partial charge in [-0.3, -0.25) is 5.10 Å². The molecular weight excluding hydrogens is 396 g/mol. The van der Waals surface area contributed by atoms with Crippen LogP contribution in [0, 0.1) is 13.8 Å². The summed E-state index contributed by atoms with van der Waals surface area (Å²) in [7, 11) is 1.66. The predicted octanol–water partition coefficient (Wildman–Crippen LogP) is 0.840. The van der Waals surface area contributed by atoms with Gasteiger partial charge < -0.3 is 23.9 Å². The van der Waals surface area contributed by atoms with E-state index >= 15 is 0 Å². The Morgan fingerprint density at radius 1 is 1.46 bits per heavy atom. The molecule has 0 amide bonds. The van der Waals surface area contributed by atoms with Crippen molar-refractivity contribution in [2.75, 3.05) is 12.4 Å². The molecule has 6 nitrogen and oxygen atoms in total. The van der Waals surface area contributed by atoms with Gasteiger partial charge in [0.25, 0.3) is 0 Å². The van der Waals surface area contributed by atoms with Crippen molar-refractivity contribution in [3.05, 3.63) is 42.9 Å². The van der Waals surface area contributed by atoms with Crippen LogP contribution in [0.15, 0.2) is 18.3 Å². The number of nitrogens with one attached hydrogen (secondary N) is 2. The molecule has 0 aliphatic heterocycles. The molecular formula is C16H19N5ORbS-. The van der Waals surface area contributed by atoms with Crippen molar-refractivity contribution in [2.24, 2.45) is 0 Å². The molecule has 8 heteroatoms. The van der Waals surface area contributed by atoms with Crippen LogP contribution in [0.25, 0.3) is 10.2 Å². The van der Waals surface area contributed by atoms with Gasteiger partial charge in [0.1, 0.15) is 5.01 Å². The van der Waals surface area contributed by atoms with Gasteiger partial charge in [-0.1, -0.05) is 0 Å². The van der Waals surface area contributed by atoms with E-state index in [1.54, 1.807) is 24.6 Å². The molecule has 0 radical (unpaired) electrons. The SMILES string of the molecule is [CH2-]CCC([CH2-])c1cc(Nc2nccc3nc(COC)sc23)n[nH]1.[Rb+]. The Bertz CT molecular complexity index is 788. The van der Waals surface area contributed by atoms with Crippen LogP contribution in [0.2, 0.25) is 0 Å². The normalized spacial score (nSPS) is 12.1. The molecule has 24 heavy (non-hydrogen) atoms. The quantitative estimate of drug-likeness (QED) is 0.560. The summed E-state index contributed by atoms with van der Waals surface area (Å²) in [4.78, 5) is 8.94. The van der Waals surface area contributed by atoms with E-state index in [4.69, 9.17) is 4.74 Å². The Labute approximate surface area is 194 Å². The summed E-state index contributed by atoms with van der Waals surface area (Å²) in [6.07, 6.45) is 3.51. The molecule has 0 fully saturated rings. The second-order valence-electron chi connectivity index (χ2n) is 5.22. The van der Waals surface area contributed by atoms with Crippen molar-refractivity contribution < 1.29 is 62.9 Å². The predicted molar refractivity (Wildman–Crippen MR) is 92.7 cm³/mol. The number of nitrogens with zero attached hydrogens (tertiary/aromatic N) is 3. The van der Waals surface area contributed by atoms with E-state index in [0.717, 1.165) is 45.4 Å². The number of pyridine rings is 1. The number of H-pyrrole nitrogens is 1. The minimum absolute atomic E-state index is 0. The summed E-state index contributed by atoms with van der Waals surface area (Å²) in [5, 5.41) is 11.5. The summed E-state index contributed by atoms with van der Waals surface area (Å²) >= 11 is 1.57. The summed E-state index contributed by atoms with van der Waals surface area (Å²) < 4.78 is 6.14. The molecule has 0 bridgehead atoms. The molecule has 2 N–H and O–H groups in total. The van der Waals surface area contributed by atoms with Crippen molar-refractivity contribution in [2.45, 2.75) is 25.4 Å². The van der Waals surface area contributed by atoms with Gasteiger partial charge in [-0.05, 0) is 6.07 Å². The number of ether oxygens (including phenoxy) is 1. The van der Waals surface area contributed by atoms with Gasteiger partial charge in [0.15, 0.2) is 11.6 Å². The van der Waals surface area contributed by atoms with Crippen molar-refractivity contribution >= 4 is 33.2 Å². The van der Waals surface area contributed by atoms with Gasteiger partial charge in [0, 0.05) is 25.1 Å². The summed E-state index contributed by atoms with van der Waals surface area (Å²) in [5.74, 6) is 1.63. The number of thiazole rings is 1. The number of anilines is 2. The summed E-state index contributed by atoms with van der Waals surface area (Å²) in [6, 6.07) is 3.86. The van der Waals surface area contributed by atoms with Gasteiger partial charge in [-0.15, -0.1) is 23.7 Å². The van der Waals surface area contributed by atoms with Crippen molar-refractivity contribution in [1.82, 2.24) is 20.2 Å². The maximum absolute atomic E-state index is 5.15. The van der Waals surface area contributed by atoms with Crippen LogP contribution in [-0.2, 0) is 11.3 Å². The number of methoxy groups -OCH3 is 1. The summed E-state index contributed by atoms with van der Waals surface area (Å²) in [6.45, 7) is 8.48. The van der Waals surface area contributed by atoms with Crippen LogP contribution in [0.5, 0.6) is 0 Å². The first-order valence-corrected chi connectivity index (χ1v) is 8.21. The standard InChI is InChI=1S/C16H19N5OS.Rb/c1-4-5-10(2)12-8-13(21-20-12)19-16-15-11(6-7-17-16)18-14(23-15)9-22-3;/h6-8,10H,1-2,4-5,9H2,3H3,(H2,17,19,20,21);/q-2;+1. The first-order valence-electron chi connectivity index (χ1n) is 7.39. The number of aromatic amines is 1. The monoisotopic (exact) mass is 414 g/mol. The zero-order chi connectivity index (χ0) is 16.2. The number of hydrogen-bond acceptors (Lipinski definition) is 6. The molecule has 3 rings (SSSR count). The molecule has 3 aromatic heterocycles. The van der Waals surface area contributed by atoms with E-state index in [-0.39, 0.29) is 64.1 Å². The Morgan fingerprint density at radius 3 is 3.04 bits per heavy atom. The first kappa shape index (κ1) is 20.1. The fourth-order valence-corrected chi connectivity index (χ4v) is 3.28. The minimum Gasteiger partial charge on any atom is -0.378 e. The Morgan fingerprint density at radius 2 is 2.29 bits per heavy atom. The van der Waals surface area contributed by atoms with Gasteiger partial charge >= 0.3 is 58.2 Å². The van der Waals surface area contributed by atoms with E-state index in [1.165, 1.54) is 0 Å². The van der Waals surface area contributed by atoms with Crippen LogP contribution in [0.4, 0.5) is 11.6 Å². The number of hydrogen-bond donors (Lipinski definition) is 2. The van der Waals surface area contributed by atoms with E-state index in [0.29, 0.717) is 6.61 Å². The molecule has 3 heterocycles. The average Bonchev–Trinajstić information content (AvgIpc) is 3.15. The van der Waals surface area contributed by atoms with Gasteiger partial charge in [0.2, 0.25) is 0 Å². The second kappa shape index (κ2) is 9.50. The van der Waals surface area contributed by atoms with E-state index in [1.807, 2.05) is 12.1 Å².